The Morgan fingerprint density at radius 2 is 1.87 bits per heavy atom. The van der Waals surface area contributed by atoms with Gasteiger partial charge in [-0.15, -0.1) is 0 Å². The van der Waals surface area contributed by atoms with Gasteiger partial charge in [0.25, 0.3) is 0 Å². The highest BCUT2D eigenvalue weighted by Gasteiger charge is 2.36. The molecule has 0 atom stereocenters. The molecule has 1 rings (SSSR count). The number of allylic oxidation sites excluding steroid dienone is 2. The Kier molecular flexibility index (Phi) is 10.6. The maximum absolute atomic E-state index is 10.6. The van der Waals surface area contributed by atoms with Crippen molar-refractivity contribution in [3.8, 4) is 11.5 Å². The number of methoxy groups -OCH3 is 2. The topological polar surface area (TPSA) is 57.2 Å². The quantitative estimate of drug-likeness (QED) is 0.184. The average molecular weight is 439 g/mol. The molecule has 0 amide bonds. The van der Waals surface area contributed by atoms with Gasteiger partial charge in [0, 0.05) is 19.3 Å². The van der Waals surface area contributed by atoms with Crippen molar-refractivity contribution in [2.45, 2.75) is 78.6 Å². The van der Waals surface area contributed by atoms with Crippen molar-refractivity contribution in [2.75, 3.05) is 27.6 Å². The van der Waals surface area contributed by atoms with E-state index in [0.29, 0.717) is 13.0 Å². The van der Waals surface area contributed by atoms with Crippen molar-refractivity contribution in [1.82, 2.24) is 0 Å². The van der Waals surface area contributed by atoms with Crippen molar-refractivity contribution < 1.29 is 23.7 Å². The van der Waals surface area contributed by atoms with E-state index in [0.717, 1.165) is 41.9 Å². The van der Waals surface area contributed by atoms with E-state index in [1.165, 1.54) is 5.57 Å². The molecule has 0 unspecified atom stereocenters. The summed E-state index contributed by atoms with van der Waals surface area (Å²) in [6.45, 7) is 16.9. The Balaban J connectivity index is 2.73. The largest absolute Gasteiger partial charge is 0.508 e. The molecule has 30 heavy (non-hydrogen) atoms. The van der Waals surface area contributed by atoms with Crippen LogP contribution in [0, 0.1) is 6.92 Å². The van der Waals surface area contributed by atoms with Crippen LogP contribution in [0.2, 0.25) is 18.1 Å². The smallest absolute Gasteiger partial charge is 0.191 e. The zero-order valence-corrected chi connectivity index (χ0v) is 21.5. The first kappa shape index (κ1) is 26.7. The minimum absolute atomic E-state index is 0.214. The van der Waals surface area contributed by atoms with Crippen molar-refractivity contribution in [3.05, 3.63) is 34.4 Å². The van der Waals surface area contributed by atoms with Gasteiger partial charge in [0.05, 0.1) is 13.7 Å². The van der Waals surface area contributed by atoms with Crippen LogP contribution in [0.3, 0.4) is 0 Å². The maximum atomic E-state index is 10.6. The van der Waals surface area contributed by atoms with Gasteiger partial charge < -0.3 is 23.7 Å². The van der Waals surface area contributed by atoms with E-state index in [-0.39, 0.29) is 17.6 Å². The standard InChI is InChI=1S/C24H42O5Si/c1-18(11-10-14-29-30(8,9)24(3,4)5)12-13-21-22(25)15-20(16-28-17-26-6)19(2)23(21)27-7/h12,15,25H,10-11,13-14,16-17H2,1-9H3/b18-12+. The van der Waals surface area contributed by atoms with E-state index >= 15 is 0 Å². The van der Waals surface area contributed by atoms with Gasteiger partial charge in [-0.2, -0.15) is 0 Å². The van der Waals surface area contributed by atoms with Crippen LogP contribution in [0.1, 0.15) is 57.2 Å². The van der Waals surface area contributed by atoms with Crippen LogP contribution in [-0.2, 0) is 26.9 Å². The van der Waals surface area contributed by atoms with Crippen LogP contribution in [0.15, 0.2) is 17.7 Å². The molecule has 5 nitrogen and oxygen atoms in total. The second-order valence-electron chi connectivity index (χ2n) is 9.41. The summed E-state index contributed by atoms with van der Waals surface area (Å²) >= 11 is 0. The van der Waals surface area contributed by atoms with Crippen LogP contribution in [0.4, 0.5) is 0 Å². The molecular formula is C24H42O5Si. The van der Waals surface area contributed by atoms with E-state index in [9.17, 15) is 5.11 Å². The van der Waals surface area contributed by atoms with Gasteiger partial charge in [-0.05, 0) is 68.4 Å². The number of aromatic hydroxyl groups is 1. The van der Waals surface area contributed by atoms with Gasteiger partial charge in [0.2, 0.25) is 0 Å². The van der Waals surface area contributed by atoms with Crippen molar-refractivity contribution in [1.29, 1.82) is 0 Å². The molecule has 0 aliphatic rings. The molecule has 0 radical (unpaired) electrons. The minimum Gasteiger partial charge on any atom is -0.508 e. The van der Waals surface area contributed by atoms with Gasteiger partial charge in [-0.3, -0.25) is 0 Å². The molecule has 0 saturated carbocycles. The summed E-state index contributed by atoms with van der Waals surface area (Å²) in [7, 11) is 1.55. The summed E-state index contributed by atoms with van der Waals surface area (Å²) in [5.74, 6) is 0.954. The summed E-state index contributed by atoms with van der Waals surface area (Å²) in [5, 5.41) is 10.8. The third kappa shape index (κ3) is 7.73. The first-order chi connectivity index (χ1) is 13.9. The Morgan fingerprint density at radius 1 is 1.20 bits per heavy atom. The molecule has 0 heterocycles. The summed E-state index contributed by atoms with van der Waals surface area (Å²) < 4.78 is 22.2. The number of phenolic OH excluding ortho intramolecular Hbond substituents is 1. The molecule has 1 N–H and O–H groups in total. The van der Waals surface area contributed by atoms with Gasteiger partial charge in [0.15, 0.2) is 8.32 Å². The minimum atomic E-state index is -1.68. The molecule has 0 fully saturated rings. The van der Waals surface area contributed by atoms with Crippen LogP contribution in [0.5, 0.6) is 11.5 Å². The fourth-order valence-electron chi connectivity index (χ4n) is 2.98. The number of benzene rings is 1. The molecule has 1 aromatic carbocycles. The zero-order chi connectivity index (χ0) is 22.9. The molecule has 0 aromatic heterocycles. The Hall–Kier alpha value is -1.34. The van der Waals surface area contributed by atoms with E-state index in [4.69, 9.17) is 18.6 Å². The van der Waals surface area contributed by atoms with E-state index in [1.807, 2.05) is 6.92 Å². The molecule has 0 saturated heterocycles. The lowest BCUT2D eigenvalue weighted by molar-refractivity contribution is -0.0392. The van der Waals surface area contributed by atoms with E-state index < -0.39 is 8.32 Å². The van der Waals surface area contributed by atoms with Gasteiger partial charge in [-0.25, -0.2) is 0 Å². The lowest BCUT2D eigenvalue weighted by atomic mass is 9.99. The Bertz CT molecular complexity index is 705. The predicted octanol–water partition coefficient (Wildman–Crippen LogP) is 6.12. The molecule has 0 spiro atoms. The molecule has 172 valence electrons. The number of hydrogen-bond acceptors (Lipinski definition) is 5. The highest BCUT2D eigenvalue weighted by molar-refractivity contribution is 6.74. The fraction of sp³-hybridized carbons (Fsp3) is 0.667. The van der Waals surface area contributed by atoms with Crippen molar-refractivity contribution in [3.63, 3.8) is 0 Å². The van der Waals surface area contributed by atoms with Gasteiger partial charge in [-0.1, -0.05) is 32.4 Å². The van der Waals surface area contributed by atoms with Crippen LogP contribution in [0.25, 0.3) is 0 Å². The third-order valence-corrected chi connectivity index (χ3v) is 10.6. The van der Waals surface area contributed by atoms with Crippen LogP contribution in [-0.4, -0.2) is 41.0 Å². The summed E-state index contributed by atoms with van der Waals surface area (Å²) in [5.41, 5.74) is 3.98. The zero-order valence-electron chi connectivity index (χ0n) is 20.5. The highest BCUT2D eigenvalue weighted by Crippen LogP contribution is 2.37. The van der Waals surface area contributed by atoms with Gasteiger partial charge >= 0.3 is 0 Å². The molecule has 6 heteroatoms. The Morgan fingerprint density at radius 3 is 2.43 bits per heavy atom. The van der Waals surface area contributed by atoms with E-state index in [2.05, 4.69) is 46.9 Å². The second-order valence-corrected chi connectivity index (χ2v) is 14.2. The number of phenols is 1. The maximum Gasteiger partial charge on any atom is 0.191 e. The van der Waals surface area contributed by atoms with Crippen LogP contribution >= 0.6 is 0 Å². The lowest BCUT2D eigenvalue weighted by Crippen LogP contribution is -2.40. The first-order valence-electron chi connectivity index (χ1n) is 10.7. The molecule has 0 bridgehead atoms. The average Bonchev–Trinajstić information content (AvgIpc) is 2.65. The fourth-order valence-corrected chi connectivity index (χ4v) is 4.07. The van der Waals surface area contributed by atoms with Crippen molar-refractivity contribution in [2.24, 2.45) is 0 Å². The van der Waals surface area contributed by atoms with E-state index in [1.54, 1.807) is 20.3 Å². The normalized spacial score (nSPS) is 13.0. The monoisotopic (exact) mass is 438 g/mol. The SMILES string of the molecule is COCOCc1cc(O)c(C/C=C(\C)CCCO[Si](C)(C)C(C)(C)C)c(OC)c1C. The molecular weight excluding hydrogens is 396 g/mol. The van der Waals surface area contributed by atoms with Crippen molar-refractivity contribution >= 4 is 8.32 Å². The Labute approximate surface area is 184 Å². The molecule has 1 aromatic rings. The third-order valence-electron chi connectivity index (χ3n) is 6.02. The highest BCUT2D eigenvalue weighted by atomic mass is 28.4. The summed E-state index contributed by atoms with van der Waals surface area (Å²) in [6.07, 6.45) is 4.79. The predicted molar refractivity (Wildman–Crippen MR) is 126 cm³/mol. The molecule has 0 aliphatic carbocycles. The summed E-state index contributed by atoms with van der Waals surface area (Å²) in [6, 6.07) is 1.76. The first-order valence-corrected chi connectivity index (χ1v) is 13.6. The van der Waals surface area contributed by atoms with Gasteiger partial charge in [0.1, 0.15) is 18.3 Å². The second kappa shape index (κ2) is 11.9. The number of hydrogen-bond donors (Lipinski definition) is 1. The number of ether oxygens (including phenoxy) is 3. The number of rotatable bonds is 12. The lowest BCUT2D eigenvalue weighted by Gasteiger charge is -2.36. The summed E-state index contributed by atoms with van der Waals surface area (Å²) in [4.78, 5) is 0. The van der Waals surface area contributed by atoms with Crippen LogP contribution < -0.4 is 4.74 Å². The molecule has 0 aliphatic heterocycles.